The van der Waals surface area contributed by atoms with Crippen molar-refractivity contribution < 1.29 is 4.79 Å². The Hall–Kier alpha value is -0.570. The quantitative estimate of drug-likeness (QED) is 0.835. The summed E-state index contributed by atoms with van der Waals surface area (Å²) in [5, 5.41) is 0. The van der Waals surface area contributed by atoms with Gasteiger partial charge in [-0.15, -0.1) is 0 Å². The molecule has 0 aromatic rings. The van der Waals surface area contributed by atoms with Gasteiger partial charge in [0.15, 0.2) is 0 Å². The Morgan fingerprint density at radius 3 is 2.22 bits per heavy atom. The molecule has 102 valence electrons. The first-order valence-electron chi connectivity index (χ1n) is 7.80. The third-order valence-electron chi connectivity index (χ3n) is 5.55. The average Bonchev–Trinajstić information content (AvgIpc) is 3.18. The second-order valence-corrected chi connectivity index (χ2v) is 6.54. The first kappa shape index (κ1) is 12.5. The smallest absolute Gasteiger partial charge is 0.238 e. The van der Waals surface area contributed by atoms with Crippen LogP contribution in [0.25, 0.3) is 0 Å². The molecule has 3 heteroatoms. The number of primary amides is 1. The Morgan fingerprint density at radius 1 is 1.00 bits per heavy atom. The molecular formula is C15H26N2O. The van der Waals surface area contributed by atoms with Crippen LogP contribution in [-0.4, -0.2) is 29.4 Å². The van der Waals surface area contributed by atoms with E-state index in [1.807, 2.05) is 0 Å². The summed E-state index contributed by atoms with van der Waals surface area (Å²) in [7, 11) is 0. The van der Waals surface area contributed by atoms with Crippen LogP contribution in [0.4, 0.5) is 0 Å². The zero-order valence-electron chi connectivity index (χ0n) is 11.4. The molecule has 1 saturated heterocycles. The summed E-state index contributed by atoms with van der Waals surface area (Å²) < 4.78 is 0. The minimum absolute atomic E-state index is 0.0417. The van der Waals surface area contributed by atoms with Crippen LogP contribution < -0.4 is 5.73 Å². The van der Waals surface area contributed by atoms with Gasteiger partial charge in [-0.2, -0.15) is 0 Å². The lowest BCUT2D eigenvalue weighted by atomic mass is 9.83. The summed E-state index contributed by atoms with van der Waals surface area (Å²) >= 11 is 0. The van der Waals surface area contributed by atoms with Gasteiger partial charge in [-0.25, -0.2) is 0 Å². The number of carbonyl (C=O) groups excluding carboxylic acids is 1. The third kappa shape index (κ3) is 1.97. The van der Waals surface area contributed by atoms with Gasteiger partial charge in [-0.05, 0) is 44.2 Å². The van der Waals surface area contributed by atoms with Crippen LogP contribution in [0.5, 0.6) is 0 Å². The number of hydrogen-bond acceptors (Lipinski definition) is 2. The molecule has 1 aliphatic heterocycles. The fourth-order valence-electron chi connectivity index (χ4n) is 4.47. The van der Waals surface area contributed by atoms with Crippen LogP contribution in [-0.2, 0) is 4.79 Å². The number of amides is 1. The molecule has 3 rings (SSSR count). The maximum atomic E-state index is 12.0. The Kier molecular flexibility index (Phi) is 3.35. The number of hydrogen-bond donors (Lipinski definition) is 1. The predicted octanol–water partition coefficient (Wildman–Crippen LogP) is 2.30. The molecule has 0 aromatic carbocycles. The largest absolute Gasteiger partial charge is 0.368 e. The number of carbonyl (C=O) groups is 1. The lowest BCUT2D eigenvalue weighted by Crippen LogP contribution is -2.51. The summed E-state index contributed by atoms with van der Waals surface area (Å²) in [5.41, 5.74) is 5.55. The van der Waals surface area contributed by atoms with Crippen LogP contribution in [0, 0.1) is 11.8 Å². The first-order valence-corrected chi connectivity index (χ1v) is 7.80. The Bertz CT molecular complexity index is 318. The second kappa shape index (κ2) is 4.84. The SMILES string of the molecule is NC(=O)C1(N2CCCCC2)CC1C1CCCCC1. The molecule has 0 radical (unpaired) electrons. The third-order valence-corrected chi connectivity index (χ3v) is 5.55. The minimum Gasteiger partial charge on any atom is -0.368 e. The molecule has 2 aliphatic carbocycles. The molecule has 3 fully saturated rings. The van der Waals surface area contributed by atoms with Gasteiger partial charge in [-0.3, -0.25) is 9.69 Å². The molecule has 2 N–H and O–H groups in total. The molecule has 1 amide bonds. The normalized spacial score (nSPS) is 38.6. The maximum Gasteiger partial charge on any atom is 0.238 e. The summed E-state index contributed by atoms with van der Waals surface area (Å²) in [6, 6.07) is 0. The van der Waals surface area contributed by atoms with Crippen molar-refractivity contribution in [3.05, 3.63) is 0 Å². The van der Waals surface area contributed by atoms with Crippen LogP contribution >= 0.6 is 0 Å². The number of nitrogens with two attached hydrogens (primary N) is 1. The van der Waals surface area contributed by atoms with Gasteiger partial charge in [-0.1, -0.05) is 38.5 Å². The van der Waals surface area contributed by atoms with Crippen molar-refractivity contribution in [2.75, 3.05) is 13.1 Å². The molecule has 1 heterocycles. The van der Waals surface area contributed by atoms with E-state index in [0.29, 0.717) is 5.92 Å². The topological polar surface area (TPSA) is 46.3 Å². The lowest BCUT2D eigenvalue weighted by molar-refractivity contribution is -0.126. The van der Waals surface area contributed by atoms with Crippen LogP contribution in [0.15, 0.2) is 0 Å². The predicted molar refractivity (Wildman–Crippen MR) is 72.0 cm³/mol. The fourth-order valence-corrected chi connectivity index (χ4v) is 4.47. The first-order chi connectivity index (χ1) is 8.75. The van der Waals surface area contributed by atoms with E-state index >= 15 is 0 Å². The van der Waals surface area contributed by atoms with E-state index in [1.165, 1.54) is 51.4 Å². The Morgan fingerprint density at radius 2 is 1.61 bits per heavy atom. The average molecular weight is 250 g/mol. The van der Waals surface area contributed by atoms with E-state index in [1.54, 1.807) is 0 Å². The van der Waals surface area contributed by atoms with Gasteiger partial charge in [0.1, 0.15) is 5.54 Å². The van der Waals surface area contributed by atoms with Gasteiger partial charge in [0.05, 0.1) is 0 Å². The van der Waals surface area contributed by atoms with Crippen LogP contribution in [0.2, 0.25) is 0 Å². The van der Waals surface area contributed by atoms with Gasteiger partial charge in [0, 0.05) is 0 Å². The molecule has 2 atom stereocenters. The monoisotopic (exact) mass is 250 g/mol. The van der Waals surface area contributed by atoms with Gasteiger partial charge >= 0.3 is 0 Å². The van der Waals surface area contributed by atoms with E-state index in [0.717, 1.165) is 25.4 Å². The molecular weight excluding hydrogens is 224 g/mol. The van der Waals surface area contributed by atoms with Crippen LogP contribution in [0.1, 0.15) is 57.8 Å². The zero-order valence-corrected chi connectivity index (χ0v) is 11.4. The number of nitrogens with zero attached hydrogens (tertiary/aromatic N) is 1. The highest BCUT2D eigenvalue weighted by atomic mass is 16.2. The zero-order chi connectivity index (χ0) is 12.6. The van der Waals surface area contributed by atoms with E-state index < -0.39 is 0 Å². The Balaban J connectivity index is 1.71. The van der Waals surface area contributed by atoms with Crippen molar-refractivity contribution in [2.24, 2.45) is 17.6 Å². The standard InChI is InChI=1S/C15H26N2O/c16-14(18)15(17-9-5-2-6-10-17)11-13(15)12-7-3-1-4-8-12/h12-13H,1-11H2,(H2,16,18). The number of piperidine rings is 1. The molecule has 18 heavy (non-hydrogen) atoms. The molecule has 0 aromatic heterocycles. The summed E-state index contributed by atoms with van der Waals surface area (Å²) in [5.74, 6) is 1.31. The highest BCUT2D eigenvalue weighted by molar-refractivity contribution is 5.88. The minimum atomic E-state index is -0.234. The van der Waals surface area contributed by atoms with Gasteiger partial charge in [0.25, 0.3) is 0 Å². The number of rotatable bonds is 3. The number of likely N-dealkylation sites (tertiary alicyclic amines) is 1. The van der Waals surface area contributed by atoms with Crippen molar-refractivity contribution in [3.63, 3.8) is 0 Å². The summed E-state index contributed by atoms with van der Waals surface area (Å²) in [6.45, 7) is 2.18. The van der Waals surface area contributed by atoms with Gasteiger partial charge < -0.3 is 5.73 Å². The summed E-state index contributed by atoms with van der Waals surface area (Å²) in [4.78, 5) is 14.4. The molecule has 3 nitrogen and oxygen atoms in total. The molecule has 0 spiro atoms. The van der Waals surface area contributed by atoms with E-state index in [-0.39, 0.29) is 11.4 Å². The van der Waals surface area contributed by atoms with E-state index in [4.69, 9.17) is 5.73 Å². The van der Waals surface area contributed by atoms with E-state index in [9.17, 15) is 4.79 Å². The van der Waals surface area contributed by atoms with Crippen molar-refractivity contribution >= 4 is 5.91 Å². The lowest BCUT2D eigenvalue weighted by Gasteiger charge is -2.35. The molecule has 0 bridgehead atoms. The second-order valence-electron chi connectivity index (χ2n) is 6.54. The molecule has 2 unspecified atom stereocenters. The summed E-state index contributed by atoms with van der Waals surface area (Å²) in [6.07, 6.45) is 11.6. The fraction of sp³-hybridized carbons (Fsp3) is 0.933. The van der Waals surface area contributed by atoms with Crippen molar-refractivity contribution in [1.29, 1.82) is 0 Å². The maximum absolute atomic E-state index is 12.0. The van der Waals surface area contributed by atoms with Gasteiger partial charge in [0.2, 0.25) is 5.91 Å². The van der Waals surface area contributed by atoms with E-state index in [2.05, 4.69) is 4.90 Å². The molecule has 2 saturated carbocycles. The Labute approximate surface area is 110 Å². The molecule has 3 aliphatic rings. The highest BCUT2D eigenvalue weighted by Gasteiger charge is 2.64. The van der Waals surface area contributed by atoms with Crippen molar-refractivity contribution in [1.82, 2.24) is 4.90 Å². The van der Waals surface area contributed by atoms with Crippen molar-refractivity contribution in [2.45, 2.75) is 63.3 Å². The van der Waals surface area contributed by atoms with Crippen molar-refractivity contribution in [3.8, 4) is 0 Å². The highest BCUT2D eigenvalue weighted by Crippen LogP contribution is 2.56. The van der Waals surface area contributed by atoms with Crippen LogP contribution in [0.3, 0.4) is 0 Å².